The van der Waals surface area contributed by atoms with E-state index in [4.69, 9.17) is 0 Å². The number of hydrogen-bond acceptors (Lipinski definition) is 2. The predicted molar refractivity (Wildman–Crippen MR) is 55.0 cm³/mol. The summed E-state index contributed by atoms with van der Waals surface area (Å²) in [6.45, 7) is 0. The topological polar surface area (TPSA) is 24.9 Å². The van der Waals surface area contributed by atoms with Gasteiger partial charge >= 0.3 is 0 Å². The van der Waals surface area contributed by atoms with Crippen LogP contribution in [0.1, 0.15) is 25.7 Å². The summed E-state index contributed by atoms with van der Waals surface area (Å²) >= 11 is 0. The molecule has 1 aliphatic rings. The van der Waals surface area contributed by atoms with Crippen molar-refractivity contribution < 1.29 is 4.39 Å². The summed E-state index contributed by atoms with van der Waals surface area (Å²) in [5, 5.41) is 3.14. The molecule has 1 fully saturated rings. The summed E-state index contributed by atoms with van der Waals surface area (Å²) in [7, 11) is 0. The van der Waals surface area contributed by atoms with Gasteiger partial charge in [0.2, 0.25) is 0 Å². The number of halogens is 1. The van der Waals surface area contributed by atoms with Crippen molar-refractivity contribution in [3.05, 3.63) is 24.4 Å². The highest BCUT2D eigenvalue weighted by atomic mass is 19.1. The van der Waals surface area contributed by atoms with E-state index in [1.54, 1.807) is 6.20 Å². The van der Waals surface area contributed by atoms with E-state index in [-0.39, 0.29) is 6.04 Å². The van der Waals surface area contributed by atoms with Crippen molar-refractivity contribution in [2.75, 3.05) is 5.32 Å². The molecular formula is C11H15FN2. The second-order valence-electron chi connectivity index (χ2n) is 3.77. The van der Waals surface area contributed by atoms with E-state index in [0.717, 1.165) is 25.1 Å². The summed E-state index contributed by atoms with van der Waals surface area (Å²) < 4.78 is 13.4. The van der Waals surface area contributed by atoms with Crippen LogP contribution in [0.25, 0.3) is 0 Å². The molecule has 2 rings (SSSR count). The van der Waals surface area contributed by atoms with E-state index in [0.29, 0.717) is 6.42 Å². The molecule has 0 aromatic carbocycles. The normalized spacial score (nSPS) is 27.2. The third-order valence-corrected chi connectivity index (χ3v) is 2.68. The van der Waals surface area contributed by atoms with E-state index in [9.17, 15) is 4.39 Å². The molecule has 3 heteroatoms. The molecule has 0 aliphatic heterocycles. The van der Waals surface area contributed by atoms with Gasteiger partial charge in [-0.1, -0.05) is 18.9 Å². The molecule has 0 spiro atoms. The summed E-state index contributed by atoms with van der Waals surface area (Å²) in [6, 6.07) is 5.60. The molecule has 1 aromatic heterocycles. The predicted octanol–water partition coefficient (Wildman–Crippen LogP) is 2.77. The highest BCUT2D eigenvalue weighted by Crippen LogP contribution is 2.23. The van der Waals surface area contributed by atoms with Crippen molar-refractivity contribution in [1.29, 1.82) is 0 Å². The first-order chi connectivity index (χ1) is 6.86. The average Bonchev–Trinajstić information content (AvgIpc) is 2.23. The molecule has 1 aliphatic carbocycles. The Bertz CT molecular complexity index is 276. The van der Waals surface area contributed by atoms with Crippen molar-refractivity contribution in [3.8, 4) is 0 Å². The first-order valence-corrected chi connectivity index (χ1v) is 5.18. The van der Waals surface area contributed by atoms with Gasteiger partial charge in [-0.25, -0.2) is 9.37 Å². The van der Waals surface area contributed by atoms with Crippen LogP contribution < -0.4 is 5.32 Å². The van der Waals surface area contributed by atoms with Gasteiger partial charge in [-0.2, -0.15) is 0 Å². The van der Waals surface area contributed by atoms with Crippen LogP contribution >= 0.6 is 0 Å². The Morgan fingerprint density at radius 3 is 2.86 bits per heavy atom. The summed E-state index contributed by atoms with van der Waals surface area (Å²) in [6.07, 6.45) is 4.73. The van der Waals surface area contributed by atoms with Gasteiger partial charge in [0, 0.05) is 6.20 Å². The van der Waals surface area contributed by atoms with Gasteiger partial charge in [-0.15, -0.1) is 0 Å². The van der Waals surface area contributed by atoms with Crippen LogP contribution in [-0.2, 0) is 0 Å². The number of alkyl halides is 1. The number of aromatic nitrogens is 1. The van der Waals surface area contributed by atoms with E-state index >= 15 is 0 Å². The van der Waals surface area contributed by atoms with Gasteiger partial charge in [0.05, 0.1) is 6.04 Å². The lowest BCUT2D eigenvalue weighted by atomic mass is 9.94. The molecule has 0 radical (unpaired) electrons. The number of pyridine rings is 1. The molecule has 1 heterocycles. The minimum atomic E-state index is -0.717. The molecule has 2 atom stereocenters. The van der Waals surface area contributed by atoms with Gasteiger partial charge < -0.3 is 5.32 Å². The maximum atomic E-state index is 13.4. The maximum Gasteiger partial charge on any atom is 0.126 e. The first kappa shape index (κ1) is 9.44. The Kier molecular flexibility index (Phi) is 2.96. The number of rotatable bonds is 2. The van der Waals surface area contributed by atoms with E-state index in [1.807, 2.05) is 18.2 Å². The Morgan fingerprint density at radius 1 is 1.29 bits per heavy atom. The molecule has 0 saturated heterocycles. The molecule has 2 nitrogen and oxygen atoms in total. The lowest BCUT2D eigenvalue weighted by Crippen LogP contribution is -2.33. The molecule has 0 bridgehead atoms. The van der Waals surface area contributed by atoms with Crippen molar-refractivity contribution in [3.63, 3.8) is 0 Å². The molecular weight excluding hydrogens is 179 g/mol. The lowest BCUT2D eigenvalue weighted by Gasteiger charge is -2.26. The fraction of sp³-hybridized carbons (Fsp3) is 0.545. The van der Waals surface area contributed by atoms with Crippen LogP contribution in [0.5, 0.6) is 0 Å². The SMILES string of the molecule is FC1CCCCC1Nc1ccccn1. The summed E-state index contributed by atoms with van der Waals surface area (Å²) in [5.41, 5.74) is 0. The Hall–Kier alpha value is -1.12. The Morgan fingerprint density at radius 2 is 2.14 bits per heavy atom. The van der Waals surface area contributed by atoms with Crippen LogP contribution in [0.4, 0.5) is 10.2 Å². The summed E-state index contributed by atoms with van der Waals surface area (Å²) in [4.78, 5) is 4.13. The largest absolute Gasteiger partial charge is 0.364 e. The van der Waals surface area contributed by atoms with Crippen molar-refractivity contribution >= 4 is 5.82 Å². The molecule has 2 unspecified atom stereocenters. The quantitative estimate of drug-likeness (QED) is 0.783. The minimum absolute atomic E-state index is 0.0429. The molecule has 14 heavy (non-hydrogen) atoms. The van der Waals surface area contributed by atoms with Gasteiger partial charge in [-0.3, -0.25) is 0 Å². The number of hydrogen-bond donors (Lipinski definition) is 1. The van der Waals surface area contributed by atoms with Crippen LogP contribution in [0, 0.1) is 0 Å². The van der Waals surface area contributed by atoms with Gasteiger partial charge in [0.1, 0.15) is 12.0 Å². The summed E-state index contributed by atoms with van der Waals surface area (Å²) in [5.74, 6) is 0.780. The zero-order valence-corrected chi connectivity index (χ0v) is 8.12. The van der Waals surface area contributed by atoms with E-state index in [1.165, 1.54) is 0 Å². The molecule has 0 amide bonds. The monoisotopic (exact) mass is 194 g/mol. The molecule has 1 aromatic rings. The van der Waals surface area contributed by atoms with Crippen molar-refractivity contribution in [1.82, 2.24) is 4.98 Å². The molecule has 1 saturated carbocycles. The molecule has 76 valence electrons. The highest BCUT2D eigenvalue weighted by Gasteiger charge is 2.24. The number of nitrogens with one attached hydrogen (secondary N) is 1. The van der Waals surface area contributed by atoms with Crippen LogP contribution in [0.15, 0.2) is 24.4 Å². The second kappa shape index (κ2) is 4.40. The third-order valence-electron chi connectivity index (χ3n) is 2.68. The Balaban J connectivity index is 1.96. The third kappa shape index (κ3) is 2.22. The smallest absolute Gasteiger partial charge is 0.126 e. The van der Waals surface area contributed by atoms with Gasteiger partial charge in [0.25, 0.3) is 0 Å². The van der Waals surface area contributed by atoms with Crippen LogP contribution in [0.3, 0.4) is 0 Å². The van der Waals surface area contributed by atoms with Crippen molar-refractivity contribution in [2.45, 2.75) is 37.9 Å². The van der Waals surface area contributed by atoms with E-state index < -0.39 is 6.17 Å². The zero-order valence-electron chi connectivity index (χ0n) is 8.12. The second-order valence-corrected chi connectivity index (χ2v) is 3.77. The fourth-order valence-corrected chi connectivity index (χ4v) is 1.89. The lowest BCUT2D eigenvalue weighted by molar-refractivity contribution is 0.229. The van der Waals surface area contributed by atoms with E-state index in [2.05, 4.69) is 10.3 Å². The van der Waals surface area contributed by atoms with Gasteiger partial charge in [0.15, 0.2) is 0 Å². The number of nitrogens with zero attached hydrogens (tertiary/aromatic N) is 1. The zero-order chi connectivity index (χ0) is 9.80. The Labute approximate surface area is 83.6 Å². The van der Waals surface area contributed by atoms with Gasteiger partial charge in [-0.05, 0) is 25.0 Å². The standard InChI is InChI=1S/C11H15FN2/c12-9-5-1-2-6-10(9)14-11-7-3-4-8-13-11/h3-4,7-10H,1-2,5-6H2,(H,13,14). The molecule has 1 N–H and O–H groups in total. The highest BCUT2D eigenvalue weighted by molar-refractivity contribution is 5.34. The van der Waals surface area contributed by atoms with Crippen LogP contribution in [0.2, 0.25) is 0 Å². The average molecular weight is 194 g/mol. The van der Waals surface area contributed by atoms with Crippen LogP contribution in [-0.4, -0.2) is 17.2 Å². The fourth-order valence-electron chi connectivity index (χ4n) is 1.89. The number of anilines is 1. The maximum absolute atomic E-state index is 13.4. The van der Waals surface area contributed by atoms with Crippen molar-refractivity contribution in [2.24, 2.45) is 0 Å². The minimum Gasteiger partial charge on any atom is -0.364 e. The first-order valence-electron chi connectivity index (χ1n) is 5.18.